The molecule has 0 rings (SSSR count). The molecule has 0 saturated carbocycles. The molecule has 0 radical (unpaired) electrons. The Labute approximate surface area is 84.1 Å². The topological polar surface area (TPSA) is 27.3 Å². The maximum atomic E-state index is 3.45. The van der Waals surface area contributed by atoms with E-state index in [4.69, 9.17) is 0 Å². The molecule has 4 heteroatoms. The van der Waals surface area contributed by atoms with E-state index in [1.807, 2.05) is 0 Å². The molecule has 0 fully saturated rings. The van der Waals surface area contributed by atoms with Crippen molar-refractivity contribution in [3.05, 3.63) is 0 Å². The molecule has 0 aromatic heterocycles. The van der Waals surface area contributed by atoms with Crippen LogP contribution in [-0.4, -0.2) is 40.3 Å². The van der Waals surface area contributed by atoms with Crippen molar-refractivity contribution in [1.82, 2.24) is 14.5 Å². The van der Waals surface area contributed by atoms with Gasteiger partial charge in [0.25, 0.3) is 8.56 Å². The predicted octanol–water partition coefficient (Wildman–Crippen LogP) is 1.12. The maximum absolute atomic E-state index is 3.45. The fourth-order valence-corrected chi connectivity index (χ4v) is 3.76. The van der Waals surface area contributed by atoms with E-state index in [1.54, 1.807) is 0 Å². The van der Waals surface area contributed by atoms with Gasteiger partial charge in [0.1, 0.15) is 0 Å². The molecule has 13 heavy (non-hydrogen) atoms. The molecule has 0 aliphatic rings. The second-order valence-electron chi connectivity index (χ2n) is 3.56. The summed E-state index contributed by atoms with van der Waals surface area (Å²) in [7, 11) is 2.58. The number of rotatable bonds is 7. The standard InChI is InChI=1S/C9H25N3Si/c1-6-8-12(9-7-2)13(5,10-3)11-4/h10-11H,6-9H2,1-5H3. The van der Waals surface area contributed by atoms with Crippen molar-refractivity contribution in [3.63, 3.8) is 0 Å². The zero-order valence-electron chi connectivity index (χ0n) is 9.78. The highest BCUT2D eigenvalue weighted by atomic mass is 28.4. The van der Waals surface area contributed by atoms with Crippen LogP contribution in [0.5, 0.6) is 0 Å². The minimum Gasteiger partial charge on any atom is -0.316 e. The normalized spacial score (nSPS) is 12.5. The molecule has 0 heterocycles. The highest BCUT2D eigenvalue weighted by Crippen LogP contribution is 2.04. The van der Waals surface area contributed by atoms with Gasteiger partial charge in [-0.15, -0.1) is 0 Å². The van der Waals surface area contributed by atoms with Gasteiger partial charge >= 0.3 is 0 Å². The van der Waals surface area contributed by atoms with Gasteiger partial charge in [0.05, 0.1) is 0 Å². The Morgan fingerprint density at radius 2 is 1.38 bits per heavy atom. The van der Waals surface area contributed by atoms with E-state index in [0.717, 1.165) is 0 Å². The first-order chi connectivity index (χ1) is 6.14. The average Bonchev–Trinajstić information content (AvgIpc) is 2.16. The van der Waals surface area contributed by atoms with Crippen LogP contribution in [0.2, 0.25) is 6.55 Å². The van der Waals surface area contributed by atoms with Crippen molar-refractivity contribution in [2.75, 3.05) is 27.2 Å². The Bertz CT molecular complexity index is 120. The number of hydrogen-bond acceptors (Lipinski definition) is 3. The first-order valence-electron chi connectivity index (χ1n) is 5.27. The summed E-state index contributed by atoms with van der Waals surface area (Å²) in [5.41, 5.74) is 0. The second-order valence-corrected chi connectivity index (χ2v) is 7.34. The van der Waals surface area contributed by atoms with Gasteiger partial charge < -0.3 is 9.96 Å². The minimum atomic E-state index is -1.54. The molecule has 0 amide bonds. The van der Waals surface area contributed by atoms with Crippen LogP contribution in [-0.2, 0) is 0 Å². The van der Waals surface area contributed by atoms with Gasteiger partial charge in [0.15, 0.2) is 0 Å². The molecule has 0 atom stereocenters. The monoisotopic (exact) mass is 203 g/mol. The molecule has 2 N–H and O–H groups in total. The Hall–Kier alpha value is 0.0969. The average molecular weight is 203 g/mol. The molecule has 80 valence electrons. The highest BCUT2D eigenvalue weighted by Gasteiger charge is 2.31. The Kier molecular flexibility index (Phi) is 6.58. The Morgan fingerprint density at radius 1 is 1.00 bits per heavy atom. The van der Waals surface area contributed by atoms with Crippen molar-refractivity contribution >= 4 is 8.56 Å². The molecule has 0 aromatic carbocycles. The second kappa shape index (κ2) is 6.54. The van der Waals surface area contributed by atoms with E-state index in [-0.39, 0.29) is 0 Å². The minimum absolute atomic E-state index is 1.19. The maximum Gasteiger partial charge on any atom is 0.280 e. The Balaban J connectivity index is 4.28. The van der Waals surface area contributed by atoms with Crippen molar-refractivity contribution in [2.24, 2.45) is 0 Å². The lowest BCUT2D eigenvalue weighted by atomic mass is 10.4. The van der Waals surface area contributed by atoms with Crippen LogP contribution in [0, 0.1) is 0 Å². The predicted molar refractivity (Wildman–Crippen MR) is 61.9 cm³/mol. The van der Waals surface area contributed by atoms with Crippen molar-refractivity contribution < 1.29 is 0 Å². The first-order valence-corrected chi connectivity index (χ1v) is 7.72. The molecule has 3 nitrogen and oxygen atoms in total. The van der Waals surface area contributed by atoms with Gasteiger partial charge in [0, 0.05) is 0 Å². The fourth-order valence-electron chi connectivity index (χ4n) is 1.54. The third-order valence-electron chi connectivity index (χ3n) is 2.59. The zero-order valence-corrected chi connectivity index (χ0v) is 10.8. The lowest BCUT2D eigenvalue weighted by Gasteiger charge is -2.38. The lowest BCUT2D eigenvalue weighted by molar-refractivity contribution is 0.400. The van der Waals surface area contributed by atoms with Crippen molar-refractivity contribution in [3.8, 4) is 0 Å². The van der Waals surface area contributed by atoms with E-state index in [9.17, 15) is 0 Å². The van der Waals surface area contributed by atoms with Gasteiger partial charge in [0.2, 0.25) is 0 Å². The molecular formula is C9H25N3Si. The van der Waals surface area contributed by atoms with E-state index in [2.05, 4.69) is 49.0 Å². The molecule has 0 saturated heterocycles. The van der Waals surface area contributed by atoms with Gasteiger partial charge in [-0.05, 0) is 46.6 Å². The van der Waals surface area contributed by atoms with E-state index in [1.165, 1.54) is 25.9 Å². The van der Waals surface area contributed by atoms with Crippen molar-refractivity contribution in [2.45, 2.75) is 33.2 Å². The van der Waals surface area contributed by atoms with Crippen LogP contribution >= 0.6 is 0 Å². The summed E-state index contributed by atoms with van der Waals surface area (Å²) >= 11 is 0. The van der Waals surface area contributed by atoms with E-state index >= 15 is 0 Å². The van der Waals surface area contributed by atoms with Gasteiger partial charge in [-0.2, -0.15) is 0 Å². The van der Waals surface area contributed by atoms with Crippen LogP contribution in [0.1, 0.15) is 26.7 Å². The largest absolute Gasteiger partial charge is 0.316 e. The molecule has 0 aliphatic heterocycles. The third kappa shape index (κ3) is 3.77. The van der Waals surface area contributed by atoms with Crippen LogP contribution in [0.25, 0.3) is 0 Å². The SMILES string of the molecule is CCCN(CCC)[Si](C)(NC)NC. The van der Waals surface area contributed by atoms with Crippen LogP contribution in [0.3, 0.4) is 0 Å². The summed E-state index contributed by atoms with van der Waals surface area (Å²) in [6.07, 6.45) is 2.46. The lowest BCUT2D eigenvalue weighted by Crippen LogP contribution is -2.69. The van der Waals surface area contributed by atoms with Crippen molar-refractivity contribution in [1.29, 1.82) is 0 Å². The van der Waals surface area contributed by atoms with Crippen LogP contribution < -0.4 is 9.96 Å². The van der Waals surface area contributed by atoms with Crippen LogP contribution in [0.4, 0.5) is 0 Å². The summed E-state index contributed by atoms with van der Waals surface area (Å²) in [6.45, 7) is 9.18. The summed E-state index contributed by atoms with van der Waals surface area (Å²) in [4.78, 5) is 6.90. The molecule has 0 aromatic rings. The third-order valence-corrected chi connectivity index (χ3v) is 6.25. The highest BCUT2D eigenvalue weighted by molar-refractivity contribution is 6.70. The first kappa shape index (κ1) is 13.1. The number of nitrogens with one attached hydrogen (secondary N) is 2. The van der Waals surface area contributed by atoms with E-state index in [0.29, 0.717) is 0 Å². The molecule has 0 unspecified atom stereocenters. The number of hydrogen-bond donors (Lipinski definition) is 2. The zero-order chi connectivity index (χ0) is 10.3. The molecular weight excluding hydrogens is 178 g/mol. The van der Waals surface area contributed by atoms with Gasteiger partial charge in [-0.25, -0.2) is 0 Å². The van der Waals surface area contributed by atoms with Crippen LogP contribution in [0.15, 0.2) is 0 Å². The van der Waals surface area contributed by atoms with E-state index < -0.39 is 8.56 Å². The molecule has 0 bridgehead atoms. The summed E-state index contributed by atoms with van der Waals surface area (Å²) < 4.78 is 2.58. The quantitative estimate of drug-likeness (QED) is 0.607. The van der Waals surface area contributed by atoms with Gasteiger partial charge in [-0.1, -0.05) is 13.8 Å². The molecule has 0 aliphatic carbocycles. The summed E-state index contributed by atoms with van der Waals surface area (Å²) in [5.74, 6) is 0. The number of nitrogens with zero attached hydrogens (tertiary/aromatic N) is 1. The summed E-state index contributed by atoms with van der Waals surface area (Å²) in [6, 6.07) is 0. The smallest absolute Gasteiger partial charge is 0.280 e. The fraction of sp³-hybridized carbons (Fsp3) is 1.00. The Morgan fingerprint density at radius 3 is 1.62 bits per heavy atom. The molecule has 0 spiro atoms. The summed E-state index contributed by atoms with van der Waals surface area (Å²) in [5, 5.41) is 0. The van der Waals surface area contributed by atoms with Gasteiger partial charge in [-0.3, -0.25) is 4.57 Å².